The summed E-state index contributed by atoms with van der Waals surface area (Å²) in [6, 6.07) is 2.90. The number of carboxylic acids is 1. The Balaban J connectivity index is 3.21. The molecule has 4 N–H and O–H groups in total. The highest BCUT2D eigenvalue weighted by Gasteiger charge is 2.12. The summed E-state index contributed by atoms with van der Waals surface area (Å²) < 4.78 is 0. The zero-order valence-electron chi connectivity index (χ0n) is 8.50. The first-order valence-corrected chi connectivity index (χ1v) is 4.33. The number of nitrogens with one attached hydrogen (secondary N) is 1. The first-order valence-electron chi connectivity index (χ1n) is 4.33. The molecule has 0 fully saturated rings. The Labute approximate surface area is 86.9 Å². The maximum absolute atomic E-state index is 10.8. The van der Waals surface area contributed by atoms with Crippen LogP contribution >= 0.6 is 0 Å². The van der Waals surface area contributed by atoms with Crippen molar-refractivity contribution < 1.29 is 14.7 Å². The summed E-state index contributed by atoms with van der Waals surface area (Å²) >= 11 is 0. The number of rotatable bonds is 2. The predicted molar refractivity (Wildman–Crippen MR) is 56.9 cm³/mol. The van der Waals surface area contributed by atoms with Crippen molar-refractivity contribution in [3.05, 3.63) is 23.3 Å². The number of hydrogen-bond acceptors (Lipinski definition) is 3. The number of carbonyl (C=O) groups is 2. The topological polar surface area (TPSA) is 92.4 Å². The molecule has 1 aromatic carbocycles. The summed E-state index contributed by atoms with van der Waals surface area (Å²) in [6.07, 6.45) is 0. The Morgan fingerprint density at radius 1 is 1.40 bits per heavy atom. The summed E-state index contributed by atoms with van der Waals surface area (Å²) in [5, 5.41) is 11.3. The first kappa shape index (κ1) is 11.0. The monoisotopic (exact) mass is 208 g/mol. The lowest BCUT2D eigenvalue weighted by atomic mass is 10.1. The number of nitrogens with two attached hydrogens (primary N) is 1. The summed E-state index contributed by atoms with van der Waals surface area (Å²) in [5.41, 5.74) is 7.00. The molecular weight excluding hydrogens is 196 g/mol. The molecule has 80 valence electrons. The predicted octanol–water partition coefficient (Wildman–Crippen LogP) is 1.23. The molecule has 0 radical (unpaired) electrons. The molecule has 0 heterocycles. The van der Waals surface area contributed by atoms with Gasteiger partial charge in [0.1, 0.15) is 0 Å². The standard InChI is InChI=1S/C10H12N2O3/c1-5-7(10(14)15)3-4-8(9(5)11)12-6(2)13/h3-4H,11H2,1-2H3,(H,12,13)(H,14,15). The van der Waals surface area contributed by atoms with E-state index < -0.39 is 5.97 Å². The Bertz CT molecular complexity index is 427. The SMILES string of the molecule is CC(=O)Nc1ccc(C(=O)O)c(C)c1N. The van der Waals surface area contributed by atoms with Gasteiger partial charge < -0.3 is 16.2 Å². The third kappa shape index (κ3) is 2.25. The van der Waals surface area contributed by atoms with E-state index in [-0.39, 0.29) is 17.2 Å². The van der Waals surface area contributed by atoms with Crippen molar-refractivity contribution in [3.63, 3.8) is 0 Å². The minimum Gasteiger partial charge on any atom is -0.478 e. The number of aromatic carboxylic acids is 1. The molecule has 0 spiro atoms. The molecule has 15 heavy (non-hydrogen) atoms. The van der Waals surface area contributed by atoms with Gasteiger partial charge in [0.25, 0.3) is 0 Å². The average Bonchev–Trinajstić information content (AvgIpc) is 2.12. The molecule has 5 heteroatoms. The van der Waals surface area contributed by atoms with Crippen molar-refractivity contribution in [3.8, 4) is 0 Å². The Morgan fingerprint density at radius 3 is 2.47 bits per heavy atom. The third-order valence-corrected chi connectivity index (χ3v) is 2.06. The largest absolute Gasteiger partial charge is 0.478 e. The number of amides is 1. The van der Waals surface area contributed by atoms with Crippen LogP contribution in [0.1, 0.15) is 22.8 Å². The Morgan fingerprint density at radius 2 is 2.00 bits per heavy atom. The van der Waals surface area contributed by atoms with Gasteiger partial charge in [-0.1, -0.05) is 0 Å². The molecule has 0 aliphatic rings. The second-order valence-electron chi connectivity index (χ2n) is 3.19. The number of hydrogen-bond donors (Lipinski definition) is 3. The van der Waals surface area contributed by atoms with Crippen LogP contribution < -0.4 is 11.1 Å². The van der Waals surface area contributed by atoms with Gasteiger partial charge in [0.2, 0.25) is 5.91 Å². The fourth-order valence-electron chi connectivity index (χ4n) is 1.26. The number of benzene rings is 1. The molecule has 1 aromatic rings. The molecule has 5 nitrogen and oxygen atoms in total. The van der Waals surface area contributed by atoms with Crippen LogP contribution in [0.2, 0.25) is 0 Å². The van der Waals surface area contributed by atoms with Crippen LogP contribution in [0, 0.1) is 6.92 Å². The van der Waals surface area contributed by atoms with E-state index in [1.54, 1.807) is 6.92 Å². The summed E-state index contributed by atoms with van der Waals surface area (Å²) in [5.74, 6) is -1.28. The van der Waals surface area contributed by atoms with Crippen molar-refractivity contribution in [1.29, 1.82) is 0 Å². The van der Waals surface area contributed by atoms with Gasteiger partial charge >= 0.3 is 5.97 Å². The van der Waals surface area contributed by atoms with Crippen LogP contribution in [0.5, 0.6) is 0 Å². The van der Waals surface area contributed by atoms with Crippen molar-refractivity contribution in [2.24, 2.45) is 0 Å². The van der Waals surface area contributed by atoms with Crippen LogP contribution in [0.3, 0.4) is 0 Å². The minimum atomic E-state index is -1.03. The molecular formula is C10H12N2O3. The van der Waals surface area contributed by atoms with Gasteiger partial charge in [0.15, 0.2) is 0 Å². The maximum atomic E-state index is 10.8. The van der Waals surface area contributed by atoms with Gasteiger partial charge in [0, 0.05) is 6.92 Å². The quantitative estimate of drug-likeness (QED) is 0.637. The van der Waals surface area contributed by atoms with E-state index in [1.807, 2.05) is 0 Å². The van der Waals surface area contributed by atoms with Crippen LogP contribution in [0.4, 0.5) is 11.4 Å². The van der Waals surface area contributed by atoms with Gasteiger partial charge in [-0.3, -0.25) is 4.79 Å². The van der Waals surface area contributed by atoms with Crippen molar-refractivity contribution in [1.82, 2.24) is 0 Å². The number of nitrogen functional groups attached to an aromatic ring is 1. The normalized spacial score (nSPS) is 9.73. The highest BCUT2D eigenvalue weighted by molar-refractivity contribution is 5.97. The smallest absolute Gasteiger partial charge is 0.336 e. The molecule has 0 aliphatic carbocycles. The van der Waals surface area contributed by atoms with Gasteiger partial charge in [-0.15, -0.1) is 0 Å². The van der Waals surface area contributed by atoms with Gasteiger partial charge in [-0.25, -0.2) is 4.79 Å². The van der Waals surface area contributed by atoms with E-state index in [2.05, 4.69) is 5.32 Å². The van der Waals surface area contributed by atoms with Crippen LogP contribution in [0.25, 0.3) is 0 Å². The minimum absolute atomic E-state index is 0.140. The maximum Gasteiger partial charge on any atom is 0.336 e. The third-order valence-electron chi connectivity index (χ3n) is 2.06. The van der Waals surface area contributed by atoms with E-state index in [0.29, 0.717) is 11.3 Å². The van der Waals surface area contributed by atoms with Crippen molar-refractivity contribution in [2.45, 2.75) is 13.8 Å². The Kier molecular flexibility index (Phi) is 2.94. The zero-order chi connectivity index (χ0) is 11.6. The second kappa shape index (κ2) is 4.00. The van der Waals surface area contributed by atoms with Crippen molar-refractivity contribution >= 4 is 23.3 Å². The van der Waals surface area contributed by atoms with E-state index in [9.17, 15) is 9.59 Å². The van der Waals surface area contributed by atoms with Crippen LogP contribution in [-0.2, 0) is 4.79 Å². The van der Waals surface area contributed by atoms with Crippen LogP contribution in [0.15, 0.2) is 12.1 Å². The van der Waals surface area contributed by atoms with E-state index >= 15 is 0 Å². The lowest BCUT2D eigenvalue weighted by Gasteiger charge is -2.10. The Hall–Kier alpha value is -2.04. The highest BCUT2D eigenvalue weighted by Crippen LogP contribution is 2.25. The number of anilines is 2. The molecule has 0 saturated heterocycles. The molecule has 1 amide bonds. The van der Waals surface area contributed by atoms with Gasteiger partial charge in [-0.2, -0.15) is 0 Å². The summed E-state index contributed by atoms with van der Waals surface area (Å²) in [4.78, 5) is 21.6. The number of carboxylic acid groups (broad SMARTS) is 1. The lowest BCUT2D eigenvalue weighted by molar-refractivity contribution is -0.114. The van der Waals surface area contributed by atoms with E-state index in [4.69, 9.17) is 10.8 Å². The summed E-state index contributed by atoms with van der Waals surface area (Å²) in [6.45, 7) is 2.96. The lowest BCUT2D eigenvalue weighted by Crippen LogP contribution is -2.11. The second-order valence-corrected chi connectivity index (χ2v) is 3.19. The zero-order valence-corrected chi connectivity index (χ0v) is 8.50. The molecule has 0 bridgehead atoms. The average molecular weight is 208 g/mol. The van der Waals surface area contributed by atoms with Gasteiger partial charge in [-0.05, 0) is 24.6 Å². The molecule has 0 unspecified atom stereocenters. The van der Waals surface area contributed by atoms with Crippen molar-refractivity contribution in [2.75, 3.05) is 11.1 Å². The fourth-order valence-corrected chi connectivity index (χ4v) is 1.26. The molecule has 0 aliphatic heterocycles. The van der Waals surface area contributed by atoms with E-state index in [0.717, 1.165) is 0 Å². The molecule has 1 rings (SSSR count). The summed E-state index contributed by atoms with van der Waals surface area (Å²) in [7, 11) is 0. The van der Waals surface area contributed by atoms with E-state index in [1.165, 1.54) is 19.1 Å². The fraction of sp³-hybridized carbons (Fsp3) is 0.200. The number of carbonyl (C=O) groups excluding carboxylic acids is 1. The molecule has 0 saturated carbocycles. The van der Waals surface area contributed by atoms with Gasteiger partial charge in [0.05, 0.1) is 16.9 Å². The van der Waals surface area contributed by atoms with Crippen LogP contribution in [-0.4, -0.2) is 17.0 Å². The highest BCUT2D eigenvalue weighted by atomic mass is 16.4. The molecule has 0 atom stereocenters. The molecule has 0 aromatic heterocycles. The first-order chi connectivity index (χ1) is 6.93.